The highest BCUT2D eigenvalue weighted by Crippen LogP contribution is 2.23. The Morgan fingerprint density at radius 2 is 1.52 bits per heavy atom. The molecule has 1 saturated heterocycles. The molecule has 0 N–H and O–H groups in total. The number of esters is 1. The van der Waals surface area contributed by atoms with Gasteiger partial charge in [0.25, 0.3) is 5.91 Å². The highest BCUT2D eigenvalue weighted by atomic mass is 16.5. The van der Waals surface area contributed by atoms with Gasteiger partial charge in [-0.15, -0.1) is 0 Å². The summed E-state index contributed by atoms with van der Waals surface area (Å²) in [5.74, 6) is -1.10. The van der Waals surface area contributed by atoms with Gasteiger partial charge in [-0.3, -0.25) is 9.59 Å². The summed E-state index contributed by atoms with van der Waals surface area (Å²) in [6.07, 6.45) is 3.01. The lowest BCUT2D eigenvalue weighted by Crippen LogP contribution is -2.49. The Bertz CT molecular complexity index is 893. The number of likely N-dealkylation sites (tertiary alicyclic amines) is 1. The third-order valence-electron chi connectivity index (χ3n) is 5.51. The van der Waals surface area contributed by atoms with Crippen LogP contribution in [0.3, 0.4) is 0 Å². The second-order valence-corrected chi connectivity index (χ2v) is 7.75. The van der Waals surface area contributed by atoms with Crippen LogP contribution in [0.15, 0.2) is 48.5 Å². The quantitative estimate of drug-likeness (QED) is 0.565. The van der Waals surface area contributed by atoms with Crippen LogP contribution in [-0.4, -0.2) is 41.3 Å². The largest absolute Gasteiger partial charge is 0.452 e. The molecular weight excluding hydrogens is 366 g/mol. The minimum Gasteiger partial charge on any atom is -0.452 e. The third-order valence-corrected chi connectivity index (χ3v) is 5.51. The Balaban J connectivity index is 1.72. The van der Waals surface area contributed by atoms with Crippen molar-refractivity contribution in [3.8, 4) is 0 Å². The van der Waals surface area contributed by atoms with Gasteiger partial charge in [0, 0.05) is 23.2 Å². The number of hydrogen-bond donors (Lipinski definition) is 0. The molecule has 1 aliphatic rings. The summed E-state index contributed by atoms with van der Waals surface area (Å²) in [7, 11) is 0. The molecular formula is C24H27NO4. The standard InChI is InChI=1S/C24H27NO4/c1-16-11-13-19(14-12-16)23(27)20-9-4-5-10-21(20)24(28)29-15-22(26)25-17(2)7-6-8-18(25)3/h4-5,9-14,17-18H,6-8,15H2,1-3H3/t17-,18-/m1/s1. The molecule has 0 aromatic heterocycles. The summed E-state index contributed by atoms with van der Waals surface area (Å²) in [5.41, 5.74) is 2.00. The number of benzene rings is 2. The van der Waals surface area contributed by atoms with Gasteiger partial charge >= 0.3 is 5.97 Å². The number of ketones is 1. The van der Waals surface area contributed by atoms with Crippen molar-refractivity contribution in [2.45, 2.75) is 52.1 Å². The fourth-order valence-corrected chi connectivity index (χ4v) is 3.91. The number of ether oxygens (including phenoxy) is 1. The molecule has 29 heavy (non-hydrogen) atoms. The van der Waals surface area contributed by atoms with E-state index >= 15 is 0 Å². The summed E-state index contributed by atoms with van der Waals surface area (Å²) < 4.78 is 5.30. The van der Waals surface area contributed by atoms with Crippen LogP contribution in [0.25, 0.3) is 0 Å². The highest BCUT2D eigenvalue weighted by Gasteiger charge is 2.29. The van der Waals surface area contributed by atoms with Crippen LogP contribution >= 0.6 is 0 Å². The Kier molecular flexibility index (Phi) is 6.47. The molecule has 1 heterocycles. The van der Waals surface area contributed by atoms with Crippen molar-refractivity contribution in [2.24, 2.45) is 0 Å². The summed E-state index contributed by atoms with van der Waals surface area (Å²) in [5, 5.41) is 0. The van der Waals surface area contributed by atoms with Crippen LogP contribution in [0.5, 0.6) is 0 Å². The molecule has 0 aliphatic carbocycles. The Labute approximate surface area is 171 Å². The summed E-state index contributed by atoms with van der Waals surface area (Å²) >= 11 is 0. The van der Waals surface area contributed by atoms with Crippen molar-refractivity contribution < 1.29 is 19.1 Å². The number of amides is 1. The normalized spacial score (nSPS) is 18.9. The van der Waals surface area contributed by atoms with Gasteiger partial charge in [0.15, 0.2) is 12.4 Å². The average Bonchev–Trinajstić information content (AvgIpc) is 2.72. The second kappa shape index (κ2) is 9.03. The van der Waals surface area contributed by atoms with Crippen LogP contribution in [-0.2, 0) is 9.53 Å². The number of nitrogens with zero attached hydrogens (tertiary/aromatic N) is 1. The van der Waals surface area contributed by atoms with E-state index in [1.165, 1.54) is 0 Å². The predicted molar refractivity (Wildman–Crippen MR) is 111 cm³/mol. The number of aryl methyl sites for hydroxylation is 1. The lowest BCUT2D eigenvalue weighted by Gasteiger charge is -2.38. The first-order valence-corrected chi connectivity index (χ1v) is 10.1. The topological polar surface area (TPSA) is 63.7 Å². The van der Waals surface area contributed by atoms with Crippen LogP contribution in [0.2, 0.25) is 0 Å². The van der Waals surface area contributed by atoms with Crippen molar-refractivity contribution >= 4 is 17.7 Å². The Morgan fingerprint density at radius 3 is 2.14 bits per heavy atom. The molecule has 1 aliphatic heterocycles. The van der Waals surface area contributed by atoms with E-state index in [0.717, 1.165) is 24.8 Å². The van der Waals surface area contributed by atoms with Gasteiger partial charge in [-0.05, 0) is 46.1 Å². The first kappa shape index (κ1) is 20.8. The van der Waals surface area contributed by atoms with E-state index < -0.39 is 5.97 Å². The maximum atomic E-state index is 12.9. The fourth-order valence-electron chi connectivity index (χ4n) is 3.91. The molecule has 1 amide bonds. The molecule has 2 atom stereocenters. The maximum Gasteiger partial charge on any atom is 0.339 e. The Hall–Kier alpha value is -2.95. The number of carbonyl (C=O) groups excluding carboxylic acids is 3. The highest BCUT2D eigenvalue weighted by molar-refractivity contribution is 6.14. The molecule has 0 radical (unpaired) electrons. The monoisotopic (exact) mass is 393 g/mol. The molecule has 3 rings (SSSR count). The molecule has 0 spiro atoms. The SMILES string of the molecule is Cc1ccc(C(=O)c2ccccc2C(=O)OCC(=O)N2[C@H](C)CCC[C@H]2C)cc1. The molecule has 2 aromatic carbocycles. The van der Waals surface area contributed by atoms with E-state index in [1.54, 1.807) is 41.3 Å². The smallest absolute Gasteiger partial charge is 0.339 e. The molecule has 5 nitrogen and oxygen atoms in total. The van der Waals surface area contributed by atoms with E-state index in [-0.39, 0.29) is 41.5 Å². The molecule has 5 heteroatoms. The number of piperidine rings is 1. The lowest BCUT2D eigenvalue weighted by atomic mass is 9.97. The number of rotatable bonds is 5. The lowest BCUT2D eigenvalue weighted by molar-refractivity contribution is -0.140. The number of hydrogen-bond acceptors (Lipinski definition) is 4. The van der Waals surface area contributed by atoms with Gasteiger partial charge in [0.1, 0.15) is 0 Å². The minimum atomic E-state index is -0.660. The van der Waals surface area contributed by atoms with E-state index in [0.29, 0.717) is 5.56 Å². The molecule has 0 bridgehead atoms. The van der Waals surface area contributed by atoms with Crippen molar-refractivity contribution in [1.82, 2.24) is 4.90 Å². The third kappa shape index (κ3) is 4.73. The number of carbonyl (C=O) groups is 3. The van der Waals surface area contributed by atoms with Crippen LogP contribution in [0.1, 0.15) is 65.0 Å². The van der Waals surface area contributed by atoms with Gasteiger partial charge in [-0.25, -0.2) is 4.79 Å². The van der Waals surface area contributed by atoms with Crippen LogP contribution < -0.4 is 0 Å². The molecule has 0 saturated carbocycles. The molecule has 152 valence electrons. The molecule has 2 aromatic rings. The van der Waals surface area contributed by atoms with E-state index in [9.17, 15) is 14.4 Å². The Morgan fingerprint density at radius 1 is 0.931 bits per heavy atom. The van der Waals surface area contributed by atoms with Crippen LogP contribution in [0.4, 0.5) is 0 Å². The van der Waals surface area contributed by atoms with E-state index in [2.05, 4.69) is 0 Å². The van der Waals surface area contributed by atoms with Crippen molar-refractivity contribution in [2.75, 3.05) is 6.61 Å². The van der Waals surface area contributed by atoms with Crippen molar-refractivity contribution in [3.05, 3.63) is 70.8 Å². The van der Waals surface area contributed by atoms with Gasteiger partial charge in [-0.1, -0.05) is 48.0 Å². The summed E-state index contributed by atoms with van der Waals surface area (Å²) in [6, 6.07) is 14.0. The zero-order valence-electron chi connectivity index (χ0n) is 17.2. The predicted octanol–water partition coefficient (Wildman–Crippen LogP) is 4.17. The fraction of sp³-hybridized carbons (Fsp3) is 0.375. The zero-order chi connectivity index (χ0) is 21.0. The van der Waals surface area contributed by atoms with E-state index in [1.807, 2.05) is 32.9 Å². The zero-order valence-corrected chi connectivity index (χ0v) is 17.2. The average molecular weight is 393 g/mol. The maximum absolute atomic E-state index is 12.9. The van der Waals surface area contributed by atoms with Gasteiger partial charge in [-0.2, -0.15) is 0 Å². The van der Waals surface area contributed by atoms with Crippen molar-refractivity contribution in [1.29, 1.82) is 0 Å². The first-order valence-electron chi connectivity index (χ1n) is 10.1. The van der Waals surface area contributed by atoms with Crippen molar-refractivity contribution in [3.63, 3.8) is 0 Å². The molecule has 1 fully saturated rings. The van der Waals surface area contributed by atoms with Gasteiger partial charge in [0.05, 0.1) is 5.56 Å². The first-order chi connectivity index (χ1) is 13.9. The van der Waals surface area contributed by atoms with E-state index in [4.69, 9.17) is 4.74 Å². The van der Waals surface area contributed by atoms with Gasteiger partial charge in [0.2, 0.25) is 0 Å². The van der Waals surface area contributed by atoms with Crippen LogP contribution in [0, 0.1) is 6.92 Å². The summed E-state index contributed by atoms with van der Waals surface area (Å²) in [4.78, 5) is 39.9. The van der Waals surface area contributed by atoms with Gasteiger partial charge < -0.3 is 9.64 Å². The second-order valence-electron chi connectivity index (χ2n) is 7.75. The summed E-state index contributed by atoms with van der Waals surface area (Å²) in [6.45, 7) is 5.66. The minimum absolute atomic E-state index is 0.139. The molecule has 0 unspecified atom stereocenters.